The number of methoxy groups -OCH3 is 1. The molecule has 0 aliphatic heterocycles. The molecule has 0 spiro atoms. The van der Waals surface area contributed by atoms with Crippen molar-refractivity contribution in [2.24, 2.45) is 0 Å². The average Bonchev–Trinajstić information content (AvgIpc) is 2.34. The van der Waals surface area contributed by atoms with Crippen LogP contribution in [0.5, 0.6) is 5.75 Å². The molecule has 96 valence electrons. The highest BCUT2D eigenvalue weighted by Gasteiger charge is 2.14. The van der Waals surface area contributed by atoms with Gasteiger partial charge in [-0.05, 0) is 36.5 Å². The standard InChI is InChI=1S/C14H22O3/c1-10(2)11-6-7-14(17-3)12(9-11)13(16)5-4-8-15/h6-7,9-10,13,15-16H,4-5,8H2,1-3H3. The normalized spacial score (nSPS) is 12.8. The number of benzene rings is 1. The molecule has 0 amide bonds. The number of aliphatic hydroxyl groups is 2. The van der Waals surface area contributed by atoms with Crippen LogP contribution in [0, 0.1) is 0 Å². The highest BCUT2D eigenvalue weighted by molar-refractivity contribution is 5.39. The second-order valence-electron chi connectivity index (χ2n) is 4.54. The van der Waals surface area contributed by atoms with Crippen LogP contribution in [0.2, 0.25) is 0 Å². The summed E-state index contributed by atoms with van der Waals surface area (Å²) in [7, 11) is 1.60. The van der Waals surface area contributed by atoms with Crippen molar-refractivity contribution in [3.8, 4) is 5.75 Å². The summed E-state index contributed by atoms with van der Waals surface area (Å²) in [6, 6.07) is 5.91. The summed E-state index contributed by atoms with van der Waals surface area (Å²) in [5.41, 5.74) is 2.00. The van der Waals surface area contributed by atoms with Crippen LogP contribution < -0.4 is 4.74 Å². The first-order valence-corrected chi connectivity index (χ1v) is 6.07. The van der Waals surface area contributed by atoms with Gasteiger partial charge in [0, 0.05) is 12.2 Å². The molecule has 0 aliphatic rings. The van der Waals surface area contributed by atoms with Gasteiger partial charge in [0.2, 0.25) is 0 Å². The second-order valence-corrected chi connectivity index (χ2v) is 4.54. The van der Waals surface area contributed by atoms with Crippen molar-refractivity contribution in [3.63, 3.8) is 0 Å². The molecular weight excluding hydrogens is 216 g/mol. The van der Waals surface area contributed by atoms with E-state index in [2.05, 4.69) is 13.8 Å². The van der Waals surface area contributed by atoms with Gasteiger partial charge in [0.1, 0.15) is 5.75 Å². The smallest absolute Gasteiger partial charge is 0.124 e. The lowest BCUT2D eigenvalue weighted by atomic mass is 9.96. The van der Waals surface area contributed by atoms with E-state index in [1.807, 2.05) is 18.2 Å². The van der Waals surface area contributed by atoms with Crippen molar-refractivity contribution >= 4 is 0 Å². The molecule has 1 unspecified atom stereocenters. The van der Waals surface area contributed by atoms with Gasteiger partial charge in [-0.1, -0.05) is 19.9 Å². The maximum Gasteiger partial charge on any atom is 0.124 e. The number of hydrogen-bond donors (Lipinski definition) is 2. The Morgan fingerprint density at radius 1 is 1.29 bits per heavy atom. The van der Waals surface area contributed by atoms with Crippen molar-refractivity contribution in [1.82, 2.24) is 0 Å². The SMILES string of the molecule is COc1ccc(C(C)C)cc1C(O)CCCO. The zero-order valence-electron chi connectivity index (χ0n) is 10.8. The monoisotopic (exact) mass is 238 g/mol. The van der Waals surface area contributed by atoms with Crippen LogP contribution in [0.25, 0.3) is 0 Å². The van der Waals surface area contributed by atoms with E-state index in [0.29, 0.717) is 24.5 Å². The molecule has 0 aliphatic carbocycles. The first kappa shape index (κ1) is 14.0. The number of hydrogen-bond acceptors (Lipinski definition) is 3. The van der Waals surface area contributed by atoms with Crippen LogP contribution in [-0.2, 0) is 0 Å². The van der Waals surface area contributed by atoms with E-state index in [1.54, 1.807) is 7.11 Å². The minimum absolute atomic E-state index is 0.100. The lowest BCUT2D eigenvalue weighted by Crippen LogP contribution is -2.03. The van der Waals surface area contributed by atoms with E-state index in [-0.39, 0.29) is 6.61 Å². The molecule has 1 aromatic rings. The molecular formula is C14H22O3. The van der Waals surface area contributed by atoms with Gasteiger partial charge < -0.3 is 14.9 Å². The number of aliphatic hydroxyl groups excluding tert-OH is 2. The summed E-state index contributed by atoms with van der Waals surface area (Å²) in [5.74, 6) is 1.13. The van der Waals surface area contributed by atoms with Crippen LogP contribution in [-0.4, -0.2) is 23.9 Å². The fourth-order valence-corrected chi connectivity index (χ4v) is 1.81. The Labute approximate surface area is 103 Å². The molecule has 17 heavy (non-hydrogen) atoms. The van der Waals surface area contributed by atoms with E-state index in [9.17, 15) is 5.11 Å². The molecule has 3 heteroatoms. The molecule has 0 saturated carbocycles. The summed E-state index contributed by atoms with van der Waals surface area (Å²) >= 11 is 0. The molecule has 1 rings (SSSR count). The van der Waals surface area contributed by atoms with E-state index in [1.165, 1.54) is 5.56 Å². The number of rotatable bonds is 6. The van der Waals surface area contributed by atoms with E-state index >= 15 is 0 Å². The molecule has 0 bridgehead atoms. The van der Waals surface area contributed by atoms with Gasteiger partial charge in [-0.3, -0.25) is 0 Å². The zero-order valence-corrected chi connectivity index (χ0v) is 10.8. The average molecular weight is 238 g/mol. The summed E-state index contributed by atoms with van der Waals surface area (Å²) in [4.78, 5) is 0. The van der Waals surface area contributed by atoms with Gasteiger partial charge in [0.05, 0.1) is 13.2 Å². The van der Waals surface area contributed by atoms with Crippen molar-refractivity contribution in [1.29, 1.82) is 0 Å². The number of ether oxygens (including phenoxy) is 1. The van der Waals surface area contributed by atoms with Crippen LogP contribution in [0.4, 0.5) is 0 Å². The summed E-state index contributed by atoms with van der Waals surface area (Å²) < 4.78 is 5.26. The lowest BCUT2D eigenvalue weighted by Gasteiger charge is -2.17. The quantitative estimate of drug-likeness (QED) is 0.801. The van der Waals surface area contributed by atoms with Crippen molar-refractivity contribution in [2.75, 3.05) is 13.7 Å². The minimum Gasteiger partial charge on any atom is -0.496 e. The Bertz CT molecular complexity index is 347. The molecule has 1 aromatic carbocycles. The Hall–Kier alpha value is -1.06. The lowest BCUT2D eigenvalue weighted by molar-refractivity contribution is 0.148. The molecule has 2 N–H and O–H groups in total. The molecule has 0 fully saturated rings. The van der Waals surface area contributed by atoms with Crippen molar-refractivity contribution in [2.45, 2.75) is 38.7 Å². The van der Waals surface area contributed by atoms with Gasteiger partial charge in [0.15, 0.2) is 0 Å². The van der Waals surface area contributed by atoms with Gasteiger partial charge in [-0.2, -0.15) is 0 Å². The summed E-state index contributed by atoms with van der Waals surface area (Å²) in [6.07, 6.45) is 0.570. The third-order valence-corrected chi connectivity index (χ3v) is 2.92. The Kier molecular flexibility index (Phi) is 5.45. The fourth-order valence-electron chi connectivity index (χ4n) is 1.81. The maximum absolute atomic E-state index is 10.1. The molecule has 3 nitrogen and oxygen atoms in total. The highest BCUT2D eigenvalue weighted by Crippen LogP contribution is 2.31. The maximum atomic E-state index is 10.1. The zero-order chi connectivity index (χ0) is 12.8. The van der Waals surface area contributed by atoms with E-state index < -0.39 is 6.10 Å². The molecule has 0 saturated heterocycles. The van der Waals surface area contributed by atoms with E-state index in [4.69, 9.17) is 9.84 Å². The molecule has 0 heterocycles. The predicted octanol–water partition coefficient (Wildman–Crippen LogP) is 2.62. The Balaban J connectivity index is 2.96. The van der Waals surface area contributed by atoms with Crippen LogP contribution >= 0.6 is 0 Å². The van der Waals surface area contributed by atoms with Crippen molar-refractivity contribution in [3.05, 3.63) is 29.3 Å². The summed E-state index contributed by atoms with van der Waals surface area (Å²) in [5, 5.41) is 18.9. The first-order chi connectivity index (χ1) is 8.10. The molecule has 0 radical (unpaired) electrons. The van der Waals surface area contributed by atoms with Gasteiger partial charge in [-0.25, -0.2) is 0 Å². The summed E-state index contributed by atoms with van der Waals surface area (Å²) in [6.45, 7) is 4.33. The van der Waals surface area contributed by atoms with Crippen molar-refractivity contribution < 1.29 is 14.9 Å². The fraction of sp³-hybridized carbons (Fsp3) is 0.571. The molecule has 1 atom stereocenters. The van der Waals surface area contributed by atoms with Crippen LogP contribution in [0.1, 0.15) is 49.8 Å². The van der Waals surface area contributed by atoms with E-state index in [0.717, 1.165) is 5.56 Å². The third-order valence-electron chi connectivity index (χ3n) is 2.92. The highest BCUT2D eigenvalue weighted by atomic mass is 16.5. The first-order valence-electron chi connectivity index (χ1n) is 6.07. The Morgan fingerprint density at radius 2 is 2.00 bits per heavy atom. The molecule has 0 aromatic heterocycles. The van der Waals surface area contributed by atoms with Crippen LogP contribution in [0.15, 0.2) is 18.2 Å². The minimum atomic E-state index is -0.573. The topological polar surface area (TPSA) is 49.7 Å². The van der Waals surface area contributed by atoms with Gasteiger partial charge in [-0.15, -0.1) is 0 Å². The Morgan fingerprint density at radius 3 is 2.53 bits per heavy atom. The van der Waals surface area contributed by atoms with Gasteiger partial charge >= 0.3 is 0 Å². The predicted molar refractivity (Wildman–Crippen MR) is 68.4 cm³/mol. The third kappa shape index (κ3) is 3.72. The second kappa shape index (κ2) is 6.62. The van der Waals surface area contributed by atoms with Crippen LogP contribution in [0.3, 0.4) is 0 Å². The largest absolute Gasteiger partial charge is 0.496 e. The van der Waals surface area contributed by atoms with Gasteiger partial charge in [0.25, 0.3) is 0 Å².